The summed E-state index contributed by atoms with van der Waals surface area (Å²) in [6, 6.07) is 4.73. The fourth-order valence-corrected chi connectivity index (χ4v) is 5.81. The van der Waals surface area contributed by atoms with Gasteiger partial charge in [0.05, 0.1) is 41.4 Å². The molecule has 1 saturated heterocycles. The third kappa shape index (κ3) is 5.96. The van der Waals surface area contributed by atoms with Gasteiger partial charge in [0, 0.05) is 31.3 Å². The Kier molecular flexibility index (Phi) is 7.98. The highest BCUT2D eigenvalue weighted by Gasteiger charge is 2.38. The van der Waals surface area contributed by atoms with Crippen molar-refractivity contribution >= 4 is 17.0 Å². The molecule has 238 valence electrons. The van der Waals surface area contributed by atoms with Gasteiger partial charge in [0.25, 0.3) is 0 Å². The maximum atomic E-state index is 15.0. The predicted molar refractivity (Wildman–Crippen MR) is 146 cm³/mol. The second-order valence-corrected chi connectivity index (χ2v) is 11.1. The summed E-state index contributed by atoms with van der Waals surface area (Å²) in [4.78, 5) is 18.0. The fraction of sp³-hybridized carbons (Fsp3) is 0.355. The second kappa shape index (κ2) is 11.6. The number of hydrogen-bond donors (Lipinski definition) is 1. The Bertz CT molecular complexity index is 1780. The molecule has 0 bridgehead atoms. The number of alkyl halides is 3. The van der Waals surface area contributed by atoms with Gasteiger partial charge in [-0.1, -0.05) is 0 Å². The summed E-state index contributed by atoms with van der Waals surface area (Å²) >= 11 is 0. The van der Waals surface area contributed by atoms with Crippen LogP contribution in [0.2, 0.25) is 0 Å². The fourth-order valence-electron chi connectivity index (χ4n) is 5.81. The number of aromatic nitrogens is 2. The molecule has 7 nitrogen and oxygen atoms in total. The summed E-state index contributed by atoms with van der Waals surface area (Å²) in [5, 5.41) is 9.47. The van der Waals surface area contributed by atoms with E-state index in [2.05, 4.69) is 4.98 Å². The Hall–Kier alpha value is -4.17. The molecule has 1 aromatic heterocycles. The van der Waals surface area contributed by atoms with Crippen LogP contribution in [-0.2, 0) is 37.0 Å². The van der Waals surface area contributed by atoms with Gasteiger partial charge in [-0.05, 0) is 55.2 Å². The third-order valence-electron chi connectivity index (χ3n) is 8.35. The number of fused-ring (bicyclic) bond motifs is 2. The largest absolute Gasteiger partial charge is 0.488 e. The second-order valence-electron chi connectivity index (χ2n) is 11.1. The normalized spacial score (nSPS) is 18.6. The molecule has 6 rings (SSSR count). The van der Waals surface area contributed by atoms with Gasteiger partial charge in [0.15, 0.2) is 5.82 Å². The van der Waals surface area contributed by atoms with Crippen molar-refractivity contribution in [3.63, 3.8) is 0 Å². The highest BCUT2D eigenvalue weighted by molar-refractivity contribution is 5.92. The van der Waals surface area contributed by atoms with Crippen LogP contribution in [0.25, 0.3) is 11.0 Å². The van der Waals surface area contributed by atoms with Crippen molar-refractivity contribution in [2.24, 2.45) is 0 Å². The smallest absolute Gasteiger partial charge is 0.419 e. The minimum absolute atomic E-state index is 0.00912. The zero-order valence-corrected chi connectivity index (χ0v) is 23.7. The molecule has 2 atom stereocenters. The number of hydrogen-bond acceptors (Lipinski definition) is 5. The SMILES string of the molecule is C[C@H]1c2cc(OCc3c(F)cc(F)cc3F)c(C(F)(F)F)cc2CCN1Cc1nc2c(F)cc(C(=O)O)cc2n1C[C@@H]1CCO1. The van der Waals surface area contributed by atoms with Crippen molar-refractivity contribution in [3.05, 3.63) is 93.3 Å². The van der Waals surface area contributed by atoms with Crippen LogP contribution in [0.15, 0.2) is 36.4 Å². The lowest BCUT2D eigenvalue weighted by Gasteiger charge is -2.36. The number of carboxylic acid groups (broad SMARTS) is 1. The van der Waals surface area contributed by atoms with E-state index in [1.54, 1.807) is 11.5 Å². The lowest BCUT2D eigenvalue weighted by atomic mass is 9.91. The van der Waals surface area contributed by atoms with E-state index >= 15 is 0 Å². The molecule has 2 aliphatic heterocycles. The molecule has 0 spiro atoms. The molecule has 1 fully saturated rings. The van der Waals surface area contributed by atoms with Gasteiger partial charge in [-0.15, -0.1) is 0 Å². The Labute approximate surface area is 251 Å². The average molecular weight is 638 g/mol. The number of nitrogens with zero attached hydrogens (tertiary/aromatic N) is 3. The van der Waals surface area contributed by atoms with Crippen LogP contribution in [0.1, 0.15) is 57.8 Å². The van der Waals surface area contributed by atoms with Gasteiger partial charge in [0.1, 0.15) is 41.1 Å². The van der Waals surface area contributed by atoms with Gasteiger partial charge in [-0.25, -0.2) is 27.3 Å². The molecular formula is C31H26F7N3O4. The van der Waals surface area contributed by atoms with Crippen LogP contribution in [0, 0.1) is 23.3 Å². The lowest BCUT2D eigenvalue weighted by Crippen LogP contribution is -2.36. The van der Waals surface area contributed by atoms with Crippen molar-refractivity contribution in [2.75, 3.05) is 13.2 Å². The van der Waals surface area contributed by atoms with E-state index in [1.807, 2.05) is 4.90 Å². The van der Waals surface area contributed by atoms with Crippen molar-refractivity contribution in [3.8, 4) is 5.75 Å². The molecule has 14 heteroatoms. The van der Waals surface area contributed by atoms with E-state index in [4.69, 9.17) is 9.47 Å². The third-order valence-corrected chi connectivity index (χ3v) is 8.35. The summed E-state index contributed by atoms with van der Waals surface area (Å²) in [6.07, 6.45) is -4.04. The highest BCUT2D eigenvalue weighted by Crippen LogP contribution is 2.42. The Morgan fingerprint density at radius 2 is 1.78 bits per heavy atom. The van der Waals surface area contributed by atoms with Crippen molar-refractivity contribution in [1.82, 2.24) is 14.5 Å². The molecule has 3 aromatic carbocycles. The van der Waals surface area contributed by atoms with Crippen LogP contribution in [0.3, 0.4) is 0 Å². The van der Waals surface area contributed by atoms with Crippen molar-refractivity contribution in [1.29, 1.82) is 0 Å². The summed E-state index contributed by atoms with van der Waals surface area (Å²) < 4.78 is 111. The summed E-state index contributed by atoms with van der Waals surface area (Å²) in [7, 11) is 0. The van der Waals surface area contributed by atoms with Crippen LogP contribution in [0.5, 0.6) is 5.75 Å². The van der Waals surface area contributed by atoms with E-state index in [0.717, 1.165) is 18.6 Å². The number of ether oxygens (including phenoxy) is 2. The molecule has 4 aromatic rings. The van der Waals surface area contributed by atoms with Crippen LogP contribution >= 0.6 is 0 Å². The first-order valence-corrected chi connectivity index (χ1v) is 14.1. The first kappa shape index (κ1) is 30.8. The molecule has 45 heavy (non-hydrogen) atoms. The van der Waals surface area contributed by atoms with Gasteiger partial charge < -0.3 is 19.1 Å². The number of carbonyl (C=O) groups is 1. The number of benzene rings is 3. The van der Waals surface area contributed by atoms with E-state index < -0.39 is 64.9 Å². The summed E-state index contributed by atoms with van der Waals surface area (Å²) in [5.74, 6) is -6.08. The number of aromatic carboxylic acids is 1. The van der Waals surface area contributed by atoms with E-state index in [1.165, 1.54) is 12.1 Å². The molecule has 3 heterocycles. The van der Waals surface area contributed by atoms with E-state index in [-0.39, 0.29) is 35.7 Å². The number of carboxylic acids is 1. The molecule has 0 radical (unpaired) electrons. The maximum Gasteiger partial charge on any atom is 0.419 e. The molecule has 2 aliphatic rings. The van der Waals surface area contributed by atoms with Crippen molar-refractivity contribution in [2.45, 2.75) is 57.8 Å². The first-order valence-electron chi connectivity index (χ1n) is 14.1. The highest BCUT2D eigenvalue weighted by atomic mass is 19.4. The Balaban J connectivity index is 1.33. The standard InChI is InChI=1S/C31H26F7N3O4/c1-15-20-11-27(45-14-21-23(33)9-18(32)10-24(21)34)22(31(36,37)38)6-16(20)2-4-40(15)13-28-39-29-25(35)7-17(30(42)43)8-26(29)41(28)12-19-3-5-44-19/h6-11,15,19H,2-5,12-14H2,1H3,(H,42,43)/t15-,19-/m0/s1. The monoisotopic (exact) mass is 637 g/mol. The zero-order chi connectivity index (χ0) is 32.2. The summed E-state index contributed by atoms with van der Waals surface area (Å²) in [5.41, 5.74) is -0.907. The number of imidazole rings is 1. The van der Waals surface area contributed by atoms with E-state index in [0.29, 0.717) is 48.8 Å². The number of halogens is 7. The Morgan fingerprint density at radius 3 is 2.40 bits per heavy atom. The quantitative estimate of drug-likeness (QED) is 0.214. The van der Waals surface area contributed by atoms with Crippen LogP contribution < -0.4 is 4.74 Å². The Morgan fingerprint density at radius 1 is 1.07 bits per heavy atom. The van der Waals surface area contributed by atoms with Crippen LogP contribution in [0.4, 0.5) is 30.7 Å². The topological polar surface area (TPSA) is 76.8 Å². The van der Waals surface area contributed by atoms with Gasteiger partial charge in [0.2, 0.25) is 0 Å². The minimum Gasteiger partial charge on any atom is -0.488 e. The molecule has 0 saturated carbocycles. The molecular weight excluding hydrogens is 611 g/mol. The predicted octanol–water partition coefficient (Wildman–Crippen LogP) is 6.80. The average Bonchev–Trinajstić information content (AvgIpc) is 3.28. The maximum absolute atomic E-state index is 15.0. The minimum atomic E-state index is -4.84. The lowest BCUT2D eigenvalue weighted by molar-refractivity contribution is -0.139. The van der Waals surface area contributed by atoms with Gasteiger partial charge in [-0.3, -0.25) is 4.90 Å². The molecule has 1 N–H and O–H groups in total. The zero-order valence-electron chi connectivity index (χ0n) is 23.7. The molecule has 0 aliphatic carbocycles. The van der Waals surface area contributed by atoms with Gasteiger partial charge >= 0.3 is 12.1 Å². The summed E-state index contributed by atoms with van der Waals surface area (Å²) in [6.45, 7) is 2.19. The van der Waals surface area contributed by atoms with Crippen molar-refractivity contribution < 1.29 is 50.1 Å². The van der Waals surface area contributed by atoms with Crippen LogP contribution in [-0.4, -0.2) is 44.8 Å². The van der Waals surface area contributed by atoms with Gasteiger partial charge in [-0.2, -0.15) is 13.2 Å². The van der Waals surface area contributed by atoms with E-state index in [9.17, 15) is 40.6 Å². The molecule has 0 unspecified atom stereocenters. The molecule has 0 amide bonds. The number of rotatable bonds is 8. The first-order chi connectivity index (χ1) is 21.3.